The minimum Gasteiger partial charge on any atom is -0.481 e. The summed E-state index contributed by atoms with van der Waals surface area (Å²) in [5.41, 5.74) is 2.18. The molecule has 0 saturated heterocycles. The molecule has 0 aliphatic heterocycles. The fourth-order valence-corrected chi connectivity index (χ4v) is 0.982. The Balaban J connectivity index is 3.19. The van der Waals surface area contributed by atoms with E-state index in [4.69, 9.17) is 9.47 Å². The third-order valence-electron chi connectivity index (χ3n) is 1.87. The molecule has 1 heterocycles. The molecule has 0 amide bonds. The monoisotopic (exact) mass is 167 g/mol. The van der Waals surface area contributed by atoms with Gasteiger partial charge in [-0.3, -0.25) is 0 Å². The first kappa shape index (κ1) is 8.84. The predicted octanol–water partition coefficient (Wildman–Crippen LogP) is 1.72. The van der Waals surface area contributed by atoms with Gasteiger partial charge in [-0.2, -0.15) is 4.98 Å². The molecule has 3 heteroatoms. The van der Waals surface area contributed by atoms with Crippen LogP contribution in [0, 0.1) is 13.8 Å². The maximum atomic E-state index is 5.08. The summed E-state index contributed by atoms with van der Waals surface area (Å²) in [6.45, 7) is 3.97. The van der Waals surface area contributed by atoms with Crippen molar-refractivity contribution in [2.45, 2.75) is 13.8 Å². The molecular weight excluding hydrogens is 154 g/mol. The number of hydrogen-bond acceptors (Lipinski definition) is 3. The van der Waals surface area contributed by atoms with Crippen LogP contribution >= 0.6 is 0 Å². The number of nitrogens with zero attached hydrogens (tertiary/aromatic N) is 1. The third kappa shape index (κ3) is 1.49. The lowest BCUT2D eigenvalue weighted by molar-refractivity contribution is 0.362. The predicted molar refractivity (Wildman–Crippen MR) is 46.8 cm³/mol. The van der Waals surface area contributed by atoms with E-state index in [1.165, 1.54) is 0 Å². The standard InChI is InChI=1S/C9H13NO2/c1-6-5-8(11-3)10-9(12-4)7(6)2/h5H,1-4H3. The molecule has 0 atom stereocenters. The van der Waals surface area contributed by atoms with Crippen LogP contribution in [0.1, 0.15) is 11.1 Å². The molecule has 0 spiro atoms. The first-order chi connectivity index (χ1) is 5.69. The van der Waals surface area contributed by atoms with E-state index in [-0.39, 0.29) is 0 Å². The summed E-state index contributed by atoms with van der Waals surface area (Å²) in [5, 5.41) is 0. The molecule has 0 saturated carbocycles. The highest BCUT2D eigenvalue weighted by Crippen LogP contribution is 2.22. The highest BCUT2D eigenvalue weighted by molar-refractivity contribution is 5.36. The van der Waals surface area contributed by atoms with Crippen molar-refractivity contribution in [1.82, 2.24) is 4.98 Å². The Morgan fingerprint density at radius 3 is 2.33 bits per heavy atom. The molecule has 66 valence electrons. The van der Waals surface area contributed by atoms with Crippen LogP contribution in [-0.2, 0) is 0 Å². The van der Waals surface area contributed by atoms with Gasteiger partial charge in [0.2, 0.25) is 11.8 Å². The van der Waals surface area contributed by atoms with Crippen LogP contribution in [0.3, 0.4) is 0 Å². The molecule has 0 unspecified atom stereocenters. The van der Waals surface area contributed by atoms with Gasteiger partial charge in [-0.25, -0.2) is 0 Å². The summed E-state index contributed by atoms with van der Waals surface area (Å²) in [6.07, 6.45) is 0. The molecule has 1 aromatic heterocycles. The van der Waals surface area contributed by atoms with Crippen LogP contribution in [0.5, 0.6) is 11.8 Å². The van der Waals surface area contributed by atoms with Gasteiger partial charge in [0.15, 0.2) is 0 Å². The summed E-state index contributed by atoms with van der Waals surface area (Å²) in [7, 11) is 3.20. The van der Waals surface area contributed by atoms with E-state index in [9.17, 15) is 0 Å². The van der Waals surface area contributed by atoms with Crippen LogP contribution < -0.4 is 9.47 Å². The Morgan fingerprint density at radius 1 is 1.17 bits per heavy atom. The Morgan fingerprint density at radius 2 is 1.83 bits per heavy atom. The summed E-state index contributed by atoms with van der Waals surface area (Å²) >= 11 is 0. The van der Waals surface area contributed by atoms with Crippen LogP contribution in [0.2, 0.25) is 0 Å². The molecular formula is C9H13NO2. The lowest BCUT2D eigenvalue weighted by Gasteiger charge is -2.08. The summed E-state index contributed by atoms with van der Waals surface area (Å²) in [6, 6.07) is 1.89. The molecule has 1 rings (SSSR count). The smallest absolute Gasteiger partial charge is 0.219 e. The van der Waals surface area contributed by atoms with E-state index < -0.39 is 0 Å². The zero-order chi connectivity index (χ0) is 9.14. The Bertz CT molecular complexity index is 284. The lowest BCUT2D eigenvalue weighted by Crippen LogP contribution is -1.96. The fraction of sp³-hybridized carbons (Fsp3) is 0.444. The average Bonchev–Trinajstić information content (AvgIpc) is 2.09. The van der Waals surface area contributed by atoms with Crippen LogP contribution in [0.25, 0.3) is 0 Å². The number of rotatable bonds is 2. The maximum Gasteiger partial charge on any atom is 0.219 e. The van der Waals surface area contributed by atoms with Gasteiger partial charge >= 0.3 is 0 Å². The molecule has 0 radical (unpaired) electrons. The van der Waals surface area contributed by atoms with Crippen LogP contribution in [0.15, 0.2) is 6.07 Å². The van der Waals surface area contributed by atoms with Crippen molar-refractivity contribution in [3.8, 4) is 11.8 Å². The SMILES string of the molecule is COc1cc(C)c(C)c(OC)n1. The first-order valence-electron chi connectivity index (χ1n) is 3.75. The van der Waals surface area contributed by atoms with E-state index in [1.807, 2.05) is 19.9 Å². The van der Waals surface area contributed by atoms with Gasteiger partial charge in [0.05, 0.1) is 14.2 Å². The molecule has 0 N–H and O–H groups in total. The average molecular weight is 167 g/mol. The van der Waals surface area contributed by atoms with Gasteiger partial charge in [-0.05, 0) is 19.4 Å². The van der Waals surface area contributed by atoms with Crippen molar-refractivity contribution in [2.24, 2.45) is 0 Å². The number of hydrogen-bond donors (Lipinski definition) is 0. The second-order valence-corrected chi connectivity index (χ2v) is 2.62. The van der Waals surface area contributed by atoms with Gasteiger partial charge in [0, 0.05) is 11.6 Å². The fourth-order valence-electron chi connectivity index (χ4n) is 0.982. The highest BCUT2D eigenvalue weighted by Gasteiger charge is 2.05. The number of aromatic nitrogens is 1. The second-order valence-electron chi connectivity index (χ2n) is 2.62. The second kappa shape index (κ2) is 3.43. The quantitative estimate of drug-likeness (QED) is 0.672. The minimum absolute atomic E-state index is 0.593. The number of methoxy groups -OCH3 is 2. The van der Waals surface area contributed by atoms with Crippen LogP contribution in [0.4, 0.5) is 0 Å². The Kier molecular flexibility index (Phi) is 2.53. The maximum absolute atomic E-state index is 5.08. The van der Waals surface area contributed by atoms with E-state index in [0.717, 1.165) is 11.1 Å². The highest BCUT2D eigenvalue weighted by atomic mass is 16.5. The van der Waals surface area contributed by atoms with Crippen LogP contribution in [-0.4, -0.2) is 19.2 Å². The number of ether oxygens (including phenoxy) is 2. The molecule has 0 fully saturated rings. The number of pyridine rings is 1. The van der Waals surface area contributed by atoms with E-state index in [1.54, 1.807) is 14.2 Å². The van der Waals surface area contributed by atoms with Crippen molar-refractivity contribution >= 4 is 0 Å². The van der Waals surface area contributed by atoms with E-state index in [0.29, 0.717) is 11.8 Å². The molecule has 1 aromatic rings. The zero-order valence-electron chi connectivity index (χ0n) is 7.84. The molecule has 0 aromatic carbocycles. The van der Waals surface area contributed by atoms with Gasteiger partial charge in [-0.1, -0.05) is 0 Å². The summed E-state index contributed by atoms with van der Waals surface area (Å²) in [5.74, 6) is 1.22. The number of aryl methyl sites for hydroxylation is 1. The molecule has 12 heavy (non-hydrogen) atoms. The van der Waals surface area contributed by atoms with Crippen molar-refractivity contribution < 1.29 is 9.47 Å². The van der Waals surface area contributed by atoms with Gasteiger partial charge in [-0.15, -0.1) is 0 Å². The van der Waals surface area contributed by atoms with Gasteiger partial charge in [0.25, 0.3) is 0 Å². The van der Waals surface area contributed by atoms with Gasteiger partial charge < -0.3 is 9.47 Å². The summed E-state index contributed by atoms with van der Waals surface area (Å²) in [4.78, 5) is 4.13. The largest absolute Gasteiger partial charge is 0.481 e. The first-order valence-corrected chi connectivity index (χ1v) is 3.75. The van der Waals surface area contributed by atoms with Gasteiger partial charge in [0.1, 0.15) is 0 Å². The Labute approximate surface area is 72.3 Å². The third-order valence-corrected chi connectivity index (χ3v) is 1.87. The van der Waals surface area contributed by atoms with Crippen molar-refractivity contribution in [3.63, 3.8) is 0 Å². The van der Waals surface area contributed by atoms with Crippen molar-refractivity contribution in [2.75, 3.05) is 14.2 Å². The van der Waals surface area contributed by atoms with Crippen molar-refractivity contribution in [3.05, 3.63) is 17.2 Å². The normalized spacial score (nSPS) is 9.67. The van der Waals surface area contributed by atoms with E-state index in [2.05, 4.69) is 4.98 Å². The topological polar surface area (TPSA) is 31.4 Å². The summed E-state index contributed by atoms with van der Waals surface area (Å²) < 4.78 is 10.1. The Hall–Kier alpha value is -1.25. The lowest BCUT2D eigenvalue weighted by atomic mass is 10.2. The zero-order valence-corrected chi connectivity index (χ0v) is 7.84. The molecule has 0 bridgehead atoms. The molecule has 0 aliphatic rings. The van der Waals surface area contributed by atoms with E-state index >= 15 is 0 Å². The van der Waals surface area contributed by atoms with Crippen molar-refractivity contribution in [1.29, 1.82) is 0 Å². The molecule has 3 nitrogen and oxygen atoms in total. The molecule has 0 aliphatic carbocycles. The minimum atomic E-state index is 0.593.